The lowest BCUT2D eigenvalue weighted by molar-refractivity contribution is -0.137. The summed E-state index contributed by atoms with van der Waals surface area (Å²) in [7, 11) is 1.56. The van der Waals surface area contributed by atoms with Gasteiger partial charge in [0.05, 0.1) is 22.9 Å². The molecule has 11 heteroatoms. The van der Waals surface area contributed by atoms with Crippen molar-refractivity contribution in [2.24, 2.45) is 0 Å². The number of hydrogen-bond acceptors (Lipinski definition) is 5. The van der Waals surface area contributed by atoms with E-state index >= 15 is 0 Å². The molecule has 1 aromatic carbocycles. The van der Waals surface area contributed by atoms with E-state index in [0.29, 0.717) is 12.3 Å². The first-order chi connectivity index (χ1) is 13.7. The van der Waals surface area contributed by atoms with Crippen LogP contribution in [0.15, 0.2) is 41.7 Å². The number of fused-ring (bicyclic) bond motifs is 1. The molecule has 0 aliphatic rings. The highest BCUT2D eigenvalue weighted by Crippen LogP contribution is 2.33. The highest BCUT2D eigenvalue weighted by atomic mass is 35.5. The van der Waals surface area contributed by atoms with E-state index in [2.05, 4.69) is 15.5 Å². The van der Waals surface area contributed by atoms with Crippen molar-refractivity contribution >= 4 is 34.9 Å². The van der Waals surface area contributed by atoms with Gasteiger partial charge < -0.3 is 10.1 Å². The zero-order valence-electron chi connectivity index (χ0n) is 15.3. The first-order valence-corrected chi connectivity index (χ1v) is 9.63. The molecule has 2 heterocycles. The summed E-state index contributed by atoms with van der Waals surface area (Å²) in [5.74, 6) is 0.417. The summed E-state index contributed by atoms with van der Waals surface area (Å²) in [6, 6.07) is 8.01. The van der Waals surface area contributed by atoms with E-state index in [1.165, 1.54) is 0 Å². The van der Waals surface area contributed by atoms with Crippen LogP contribution in [0.1, 0.15) is 18.1 Å². The Hall–Kier alpha value is -2.46. The van der Waals surface area contributed by atoms with Gasteiger partial charge in [-0.1, -0.05) is 35.5 Å². The van der Waals surface area contributed by atoms with Gasteiger partial charge in [0.1, 0.15) is 5.75 Å². The molecule has 0 spiro atoms. The summed E-state index contributed by atoms with van der Waals surface area (Å²) in [5, 5.41) is 9.81. The number of carbonyl (C=O) groups excluding carboxylic acids is 1. The molecule has 0 fully saturated rings. The number of amides is 1. The van der Waals surface area contributed by atoms with Crippen LogP contribution in [0.3, 0.4) is 0 Å². The van der Waals surface area contributed by atoms with Crippen molar-refractivity contribution in [3.63, 3.8) is 0 Å². The van der Waals surface area contributed by atoms with Crippen molar-refractivity contribution in [2.45, 2.75) is 30.1 Å². The van der Waals surface area contributed by atoms with Crippen LogP contribution < -0.4 is 10.1 Å². The number of thioether (sulfide) groups is 1. The number of methoxy groups -OCH3 is 1. The largest absolute Gasteiger partial charge is 0.497 e. The number of halogens is 4. The Morgan fingerprint density at radius 1 is 1.31 bits per heavy atom. The Morgan fingerprint density at radius 2 is 2.00 bits per heavy atom. The SMILES string of the molecule is COc1ccc(CNC(=O)C(C)Sc2nnc3c(Cl)cc(C(F)(F)F)cn23)cc1. The van der Waals surface area contributed by atoms with E-state index < -0.39 is 17.0 Å². The molecule has 0 radical (unpaired) electrons. The Kier molecular flexibility index (Phi) is 6.23. The number of nitrogens with one attached hydrogen (secondary N) is 1. The van der Waals surface area contributed by atoms with Crippen molar-refractivity contribution in [3.05, 3.63) is 52.7 Å². The van der Waals surface area contributed by atoms with Gasteiger partial charge in [-0.15, -0.1) is 10.2 Å². The van der Waals surface area contributed by atoms with E-state index in [1.807, 2.05) is 12.1 Å². The molecule has 1 atom stereocenters. The lowest BCUT2D eigenvalue weighted by Gasteiger charge is -2.12. The number of carbonyl (C=O) groups is 1. The third kappa shape index (κ3) is 4.94. The minimum absolute atomic E-state index is 0.0907. The Labute approximate surface area is 173 Å². The molecule has 0 saturated carbocycles. The maximum Gasteiger partial charge on any atom is 0.417 e. The van der Waals surface area contributed by atoms with Crippen LogP contribution in [0, 0.1) is 0 Å². The average molecular weight is 445 g/mol. The molecule has 3 aromatic rings. The molecule has 0 bridgehead atoms. The number of aromatic nitrogens is 3. The summed E-state index contributed by atoms with van der Waals surface area (Å²) in [6.07, 6.45) is -3.70. The number of benzene rings is 1. The smallest absolute Gasteiger partial charge is 0.417 e. The van der Waals surface area contributed by atoms with Crippen LogP contribution >= 0.6 is 23.4 Å². The molecule has 154 valence electrons. The molecule has 2 aromatic heterocycles. The van der Waals surface area contributed by atoms with Crippen molar-refractivity contribution in [2.75, 3.05) is 7.11 Å². The van der Waals surface area contributed by atoms with Crippen LogP contribution in [0.2, 0.25) is 5.02 Å². The fraction of sp³-hybridized carbons (Fsp3) is 0.278. The first kappa shape index (κ1) is 21.3. The van der Waals surface area contributed by atoms with Crippen LogP contribution in [0.4, 0.5) is 13.2 Å². The van der Waals surface area contributed by atoms with Crippen molar-refractivity contribution in [1.29, 1.82) is 0 Å². The minimum atomic E-state index is -4.56. The van der Waals surface area contributed by atoms with Gasteiger partial charge in [0, 0.05) is 12.7 Å². The molecule has 3 rings (SSSR count). The number of alkyl halides is 3. The number of ether oxygens (including phenoxy) is 1. The van der Waals surface area contributed by atoms with Crippen LogP contribution in [-0.2, 0) is 17.5 Å². The number of hydrogen-bond donors (Lipinski definition) is 1. The first-order valence-electron chi connectivity index (χ1n) is 8.38. The van der Waals surface area contributed by atoms with Gasteiger partial charge in [-0.25, -0.2) is 0 Å². The maximum absolute atomic E-state index is 13.0. The van der Waals surface area contributed by atoms with Crippen molar-refractivity contribution in [1.82, 2.24) is 19.9 Å². The summed E-state index contributed by atoms with van der Waals surface area (Å²) in [5.41, 5.74) is 0.0483. The van der Waals surface area contributed by atoms with E-state index in [0.717, 1.165) is 34.0 Å². The van der Waals surface area contributed by atoms with E-state index in [1.54, 1.807) is 26.2 Å². The van der Waals surface area contributed by atoms with Gasteiger partial charge in [0.25, 0.3) is 0 Å². The topological polar surface area (TPSA) is 68.5 Å². The number of pyridine rings is 1. The summed E-state index contributed by atoms with van der Waals surface area (Å²) in [6.45, 7) is 1.93. The van der Waals surface area contributed by atoms with Crippen molar-refractivity contribution < 1.29 is 22.7 Å². The second-order valence-electron chi connectivity index (χ2n) is 6.08. The van der Waals surface area contributed by atoms with Crippen LogP contribution in [-0.4, -0.2) is 32.9 Å². The van der Waals surface area contributed by atoms with Crippen molar-refractivity contribution in [3.8, 4) is 5.75 Å². The summed E-state index contributed by atoms with van der Waals surface area (Å²) >= 11 is 6.89. The third-order valence-corrected chi connectivity index (χ3v) is 5.37. The number of nitrogens with zero attached hydrogens (tertiary/aromatic N) is 3. The zero-order chi connectivity index (χ0) is 21.2. The van der Waals surface area contributed by atoms with Gasteiger partial charge >= 0.3 is 6.18 Å². The quantitative estimate of drug-likeness (QED) is 0.577. The molecule has 1 amide bonds. The Bertz CT molecular complexity index is 1020. The summed E-state index contributed by atoms with van der Waals surface area (Å²) < 4.78 is 45.3. The molecule has 29 heavy (non-hydrogen) atoms. The van der Waals surface area contributed by atoms with Gasteiger partial charge in [-0.05, 0) is 30.7 Å². The zero-order valence-corrected chi connectivity index (χ0v) is 16.9. The van der Waals surface area contributed by atoms with E-state index in [-0.39, 0.29) is 21.7 Å². The lowest BCUT2D eigenvalue weighted by atomic mass is 10.2. The minimum Gasteiger partial charge on any atom is -0.497 e. The van der Waals surface area contributed by atoms with Gasteiger partial charge in [-0.2, -0.15) is 13.2 Å². The highest BCUT2D eigenvalue weighted by Gasteiger charge is 2.32. The molecular weight excluding hydrogens is 429 g/mol. The second-order valence-corrected chi connectivity index (χ2v) is 7.79. The lowest BCUT2D eigenvalue weighted by Crippen LogP contribution is -2.30. The second kappa shape index (κ2) is 8.50. The van der Waals surface area contributed by atoms with Crippen LogP contribution in [0.5, 0.6) is 5.75 Å². The molecular formula is C18H16ClF3N4O2S. The van der Waals surface area contributed by atoms with E-state index in [9.17, 15) is 18.0 Å². The molecule has 0 saturated heterocycles. The highest BCUT2D eigenvalue weighted by molar-refractivity contribution is 8.00. The monoisotopic (exact) mass is 444 g/mol. The predicted molar refractivity (Wildman–Crippen MR) is 103 cm³/mol. The standard InChI is InChI=1S/C18H16ClF3N4O2S/c1-10(16(27)23-8-11-3-5-13(28-2)6-4-11)29-17-25-24-15-14(19)7-12(9-26(15)17)18(20,21)22/h3-7,9-10H,8H2,1-2H3,(H,23,27). The summed E-state index contributed by atoms with van der Waals surface area (Å²) in [4.78, 5) is 12.4. The molecule has 1 N–H and O–H groups in total. The normalized spacial score (nSPS) is 12.8. The average Bonchev–Trinajstić information content (AvgIpc) is 3.09. The predicted octanol–water partition coefficient (Wildman–Crippen LogP) is 4.21. The van der Waals surface area contributed by atoms with Crippen LogP contribution in [0.25, 0.3) is 5.65 Å². The molecule has 1 unspecified atom stereocenters. The molecule has 6 nitrogen and oxygen atoms in total. The Balaban J connectivity index is 1.70. The Morgan fingerprint density at radius 3 is 2.62 bits per heavy atom. The van der Waals surface area contributed by atoms with E-state index in [4.69, 9.17) is 16.3 Å². The molecule has 0 aliphatic heterocycles. The maximum atomic E-state index is 13.0. The fourth-order valence-corrected chi connectivity index (χ4v) is 3.55. The fourth-order valence-electron chi connectivity index (χ4n) is 2.46. The third-order valence-electron chi connectivity index (χ3n) is 4.03. The molecule has 0 aliphatic carbocycles. The van der Waals surface area contributed by atoms with Gasteiger partial charge in [0.2, 0.25) is 5.91 Å². The number of rotatable bonds is 6. The van der Waals surface area contributed by atoms with Gasteiger partial charge in [-0.3, -0.25) is 9.20 Å². The van der Waals surface area contributed by atoms with Gasteiger partial charge in [0.15, 0.2) is 10.8 Å².